The van der Waals surface area contributed by atoms with Crippen LogP contribution < -0.4 is 0 Å². The number of rotatable bonds is 5. The third-order valence-corrected chi connectivity index (χ3v) is 4.20. The fourth-order valence-electron chi connectivity index (χ4n) is 3.13. The minimum Gasteiger partial charge on any atom is -0.394 e. The van der Waals surface area contributed by atoms with E-state index in [2.05, 4.69) is 32.0 Å². The minimum atomic E-state index is -0.355. The lowest BCUT2D eigenvalue weighted by molar-refractivity contribution is -0.107. The van der Waals surface area contributed by atoms with Crippen LogP contribution in [0.2, 0.25) is 0 Å². The van der Waals surface area contributed by atoms with Crippen molar-refractivity contribution in [1.82, 2.24) is 0 Å². The summed E-state index contributed by atoms with van der Waals surface area (Å²) in [6, 6.07) is 16.4. The maximum absolute atomic E-state index is 9.67. The van der Waals surface area contributed by atoms with Crippen LogP contribution in [0.25, 0.3) is 0 Å². The fraction of sp³-hybridized carbons (Fsp3) is 0.333. The van der Waals surface area contributed by atoms with Crippen LogP contribution in [0.4, 0.5) is 0 Å². The van der Waals surface area contributed by atoms with Gasteiger partial charge in [-0.05, 0) is 25.0 Å². The van der Waals surface area contributed by atoms with E-state index < -0.39 is 0 Å². The minimum absolute atomic E-state index is 0.0643. The van der Waals surface area contributed by atoms with Gasteiger partial charge in [-0.3, -0.25) is 0 Å². The SMILES string of the molecule is Cc1cc(C)cc(CO[C@H]2C=C[C@@H](c3ccccc3)O[C@H]2CO)c1. The highest BCUT2D eigenvalue weighted by Crippen LogP contribution is 2.27. The molecule has 0 radical (unpaired) electrons. The quantitative estimate of drug-likeness (QED) is 0.848. The average molecular weight is 324 g/mol. The van der Waals surface area contributed by atoms with E-state index >= 15 is 0 Å². The molecule has 3 atom stereocenters. The predicted molar refractivity (Wildman–Crippen MR) is 94.8 cm³/mol. The Kier molecular flexibility index (Phi) is 5.46. The van der Waals surface area contributed by atoms with E-state index in [1.165, 1.54) is 11.1 Å². The average Bonchev–Trinajstić information content (AvgIpc) is 2.60. The van der Waals surface area contributed by atoms with E-state index in [1.807, 2.05) is 42.5 Å². The summed E-state index contributed by atoms with van der Waals surface area (Å²) in [5, 5.41) is 9.67. The molecule has 126 valence electrons. The van der Waals surface area contributed by atoms with Crippen LogP contribution in [0.1, 0.15) is 28.4 Å². The summed E-state index contributed by atoms with van der Waals surface area (Å²) >= 11 is 0. The van der Waals surface area contributed by atoms with E-state index in [0.29, 0.717) is 6.61 Å². The number of aryl methyl sites for hydroxylation is 2. The molecule has 1 N–H and O–H groups in total. The monoisotopic (exact) mass is 324 g/mol. The molecule has 3 heteroatoms. The van der Waals surface area contributed by atoms with Gasteiger partial charge >= 0.3 is 0 Å². The lowest BCUT2D eigenvalue weighted by Gasteiger charge is -2.31. The molecule has 0 saturated heterocycles. The third kappa shape index (κ3) is 4.12. The normalized spacial score (nSPS) is 23.4. The molecule has 1 heterocycles. The third-order valence-electron chi connectivity index (χ3n) is 4.20. The van der Waals surface area contributed by atoms with Gasteiger partial charge in [0.15, 0.2) is 0 Å². The van der Waals surface area contributed by atoms with Gasteiger partial charge in [0, 0.05) is 0 Å². The first-order valence-electron chi connectivity index (χ1n) is 8.34. The highest BCUT2D eigenvalue weighted by molar-refractivity contribution is 5.28. The second kappa shape index (κ2) is 7.75. The Balaban J connectivity index is 1.67. The highest BCUT2D eigenvalue weighted by Gasteiger charge is 2.28. The Labute approximate surface area is 143 Å². The number of hydrogen-bond acceptors (Lipinski definition) is 3. The second-order valence-electron chi connectivity index (χ2n) is 6.34. The van der Waals surface area contributed by atoms with Gasteiger partial charge in [0.25, 0.3) is 0 Å². The lowest BCUT2D eigenvalue weighted by atomic mass is 10.0. The summed E-state index contributed by atoms with van der Waals surface area (Å²) in [4.78, 5) is 0. The van der Waals surface area contributed by atoms with Crippen LogP contribution in [0.3, 0.4) is 0 Å². The molecule has 0 unspecified atom stereocenters. The molecule has 0 fully saturated rings. The second-order valence-corrected chi connectivity index (χ2v) is 6.34. The first-order chi connectivity index (χ1) is 11.7. The first kappa shape index (κ1) is 16.9. The first-order valence-corrected chi connectivity index (χ1v) is 8.34. The summed E-state index contributed by atoms with van der Waals surface area (Å²) in [7, 11) is 0. The van der Waals surface area contributed by atoms with Crippen molar-refractivity contribution in [2.45, 2.75) is 38.8 Å². The molecule has 2 aromatic carbocycles. The van der Waals surface area contributed by atoms with Crippen LogP contribution in [0, 0.1) is 13.8 Å². The van der Waals surface area contributed by atoms with E-state index in [-0.39, 0.29) is 24.9 Å². The number of hydrogen-bond donors (Lipinski definition) is 1. The van der Waals surface area contributed by atoms with Crippen molar-refractivity contribution in [2.75, 3.05) is 6.61 Å². The molecule has 0 spiro atoms. The molecule has 0 bridgehead atoms. The molecule has 3 rings (SSSR count). The molecule has 1 aliphatic rings. The Morgan fingerprint density at radius 3 is 2.38 bits per heavy atom. The molecule has 0 amide bonds. The van der Waals surface area contributed by atoms with Gasteiger partial charge in [0.1, 0.15) is 18.3 Å². The van der Waals surface area contributed by atoms with Gasteiger partial charge in [-0.15, -0.1) is 0 Å². The molecule has 0 saturated carbocycles. The molecular formula is C21H24O3. The summed E-state index contributed by atoms with van der Waals surface area (Å²) in [5.74, 6) is 0. The zero-order valence-corrected chi connectivity index (χ0v) is 14.2. The van der Waals surface area contributed by atoms with Gasteiger partial charge in [-0.2, -0.15) is 0 Å². The largest absolute Gasteiger partial charge is 0.394 e. The molecule has 2 aromatic rings. The van der Waals surface area contributed by atoms with Crippen LogP contribution >= 0.6 is 0 Å². The van der Waals surface area contributed by atoms with Crippen molar-refractivity contribution in [3.63, 3.8) is 0 Å². The summed E-state index contributed by atoms with van der Waals surface area (Å²) in [6.45, 7) is 4.61. The van der Waals surface area contributed by atoms with E-state index in [1.54, 1.807) is 0 Å². The zero-order valence-electron chi connectivity index (χ0n) is 14.2. The highest BCUT2D eigenvalue weighted by atomic mass is 16.6. The van der Waals surface area contributed by atoms with Gasteiger partial charge < -0.3 is 14.6 Å². The van der Waals surface area contributed by atoms with Crippen molar-refractivity contribution < 1.29 is 14.6 Å². The van der Waals surface area contributed by atoms with Crippen molar-refractivity contribution in [3.8, 4) is 0 Å². The smallest absolute Gasteiger partial charge is 0.111 e. The number of ether oxygens (including phenoxy) is 2. The zero-order chi connectivity index (χ0) is 16.9. The lowest BCUT2D eigenvalue weighted by Crippen LogP contribution is -2.37. The molecule has 0 aromatic heterocycles. The molecule has 1 aliphatic heterocycles. The van der Waals surface area contributed by atoms with Crippen molar-refractivity contribution in [1.29, 1.82) is 0 Å². The summed E-state index contributed by atoms with van der Waals surface area (Å²) in [6.07, 6.45) is 3.28. The predicted octanol–water partition coefficient (Wildman–Crippen LogP) is 3.88. The number of aliphatic hydroxyl groups is 1. The Morgan fingerprint density at radius 2 is 1.71 bits per heavy atom. The van der Waals surface area contributed by atoms with Crippen molar-refractivity contribution in [3.05, 3.63) is 82.9 Å². The van der Waals surface area contributed by atoms with E-state index in [0.717, 1.165) is 11.1 Å². The van der Waals surface area contributed by atoms with Crippen LogP contribution in [0.15, 0.2) is 60.7 Å². The Bertz CT molecular complexity index is 673. The molecule has 3 nitrogen and oxygen atoms in total. The number of benzene rings is 2. The van der Waals surface area contributed by atoms with Gasteiger partial charge in [-0.25, -0.2) is 0 Å². The van der Waals surface area contributed by atoms with E-state index in [4.69, 9.17) is 9.47 Å². The Hall–Kier alpha value is -1.94. The van der Waals surface area contributed by atoms with Crippen LogP contribution in [-0.4, -0.2) is 23.9 Å². The van der Waals surface area contributed by atoms with Crippen molar-refractivity contribution in [2.24, 2.45) is 0 Å². The molecule has 24 heavy (non-hydrogen) atoms. The number of aliphatic hydroxyl groups excluding tert-OH is 1. The summed E-state index contributed by atoms with van der Waals surface area (Å²) in [5.41, 5.74) is 4.68. The van der Waals surface area contributed by atoms with Crippen LogP contribution in [0.5, 0.6) is 0 Å². The standard InChI is InChI=1S/C21H24O3/c1-15-10-16(2)12-17(11-15)14-23-20-9-8-19(24-21(20)13-22)18-6-4-3-5-7-18/h3-12,19-22H,13-14H2,1-2H3/t19-,20-,21-/m0/s1. The van der Waals surface area contributed by atoms with Gasteiger partial charge in [0.2, 0.25) is 0 Å². The molecular weight excluding hydrogens is 300 g/mol. The summed E-state index contributed by atoms with van der Waals surface area (Å²) < 4.78 is 12.0. The Morgan fingerprint density at radius 1 is 1.00 bits per heavy atom. The van der Waals surface area contributed by atoms with Crippen molar-refractivity contribution >= 4 is 0 Å². The maximum atomic E-state index is 9.67. The topological polar surface area (TPSA) is 38.7 Å². The van der Waals surface area contributed by atoms with Gasteiger partial charge in [0.05, 0.1) is 13.2 Å². The maximum Gasteiger partial charge on any atom is 0.111 e. The van der Waals surface area contributed by atoms with E-state index in [9.17, 15) is 5.11 Å². The molecule has 0 aliphatic carbocycles. The fourth-order valence-corrected chi connectivity index (χ4v) is 3.13. The van der Waals surface area contributed by atoms with Crippen LogP contribution in [-0.2, 0) is 16.1 Å². The van der Waals surface area contributed by atoms with Gasteiger partial charge in [-0.1, -0.05) is 71.8 Å².